The molecule has 0 aromatic heterocycles. The summed E-state index contributed by atoms with van der Waals surface area (Å²) < 4.78 is 9.92. The SMILES string of the molecule is CCOC(=O)COCCNC(CO)Cc1ccccc1. The second-order valence-corrected chi connectivity index (χ2v) is 4.38. The maximum atomic E-state index is 11.0. The second-order valence-electron chi connectivity index (χ2n) is 4.38. The molecular weight excluding hydrogens is 258 g/mol. The van der Waals surface area contributed by atoms with Gasteiger partial charge in [-0.3, -0.25) is 0 Å². The largest absolute Gasteiger partial charge is 0.464 e. The lowest BCUT2D eigenvalue weighted by atomic mass is 10.1. The zero-order valence-electron chi connectivity index (χ0n) is 11.9. The topological polar surface area (TPSA) is 67.8 Å². The molecular formula is C15H23NO4. The van der Waals surface area contributed by atoms with Gasteiger partial charge in [0.15, 0.2) is 0 Å². The average Bonchev–Trinajstić information content (AvgIpc) is 2.47. The quantitative estimate of drug-likeness (QED) is 0.489. The van der Waals surface area contributed by atoms with Gasteiger partial charge in [0.2, 0.25) is 0 Å². The first kappa shape index (κ1) is 16.6. The van der Waals surface area contributed by atoms with Gasteiger partial charge in [-0.15, -0.1) is 0 Å². The Morgan fingerprint density at radius 2 is 2.10 bits per heavy atom. The molecule has 0 amide bonds. The van der Waals surface area contributed by atoms with Crippen LogP contribution in [0.15, 0.2) is 30.3 Å². The summed E-state index contributed by atoms with van der Waals surface area (Å²) in [5, 5.41) is 12.5. The molecule has 0 saturated heterocycles. The van der Waals surface area contributed by atoms with Crippen LogP contribution in [-0.2, 0) is 20.7 Å². The fraction of sp³-hybridized carbons (Fsp3) is 0.533. The highest BCUT2D eigenvalue weighted by Crippen LogP contribution is 2.02. The highest BCUT2D eigenvalue weighted by molar-refractivity contribution is 5.70. The highest BCUT2D eigenvalue weighted by Gasteiger charge is 2.07. The molecule has 5 heteroatoms. The third kappa shape index (κ3) is 7.23. The van der Waals surface area contributed by atoms with E-state index in [1.165, 1.54) is 5.56 Å². The van der Waals surface area contributed by atoms with E-state index in [-0.39, 0.29) is 25.2 Å². The molecule has 0 bridgehead atoms. The molecule has 20 heavy (non-hydrogen) atoms. The predicted octanol–water partition coefficient (Wildman–Crippen LogP) is 0.759. The van der Waals surface area contributed by atoms with Crippen LogP contribution < -0.4 is 5.32 Å². The van der Waals surface area contributed by atoms with Crippen molar-refractivity contribution < 1.29 is 19.4 Å². The van der Waals surface area contributed by atoms with Crippen LogP contribution >= 0.6 is 0 Å². The molecule has 0 saturated carbocycles. The van der Waals surface area contributed by atoms with Crippen molar-refractivity contribution in [3.05, 3.63) is 35.9 Å². The number of aliphatic hydroxyl groups excluding tert-OH is 1. The number of carbonyl (C=O) groups is 1. The lowest BCUT2D eigenvalue weighted by Gasteiger charge is -2.16. The maximum Gasteiger partial charge on any atom is 0.332 e. The van der Waals surface area contributed by atoms with Gasteiger partial charge in [0, 0.05) is 12.6 Å². The standard InChI is InChI=1S/C15H23NO4/c1-2-20-15(18)12-19-9-8-16-14(11-17)10-13-6-4-3-5-7-13/h3-7,14,16-17H,2,8-12H2,1H3. The van der Waals surface area contributed by atoms with Gasteiger partial charge < -0.3 is 19.9 Å². The number of ether oxygens (including phenoxy) is 2. The van der Waals surface area contributed by atoms with Gasteiger partial charge in [-0.05, 0) is 18.9 Å². The lowest BCUT2D eigenvalue weighted by molar-refractivity contribution is -0.148. The molecule has 0 aliphatic carbocycles. The van der Waals surface area contributed by atoms with E-state index in [9.17, 15) is 9.90 Å². The number of rotatable bonds is 10. The van der Waals surface area contributed by atoms with E-state index in [4.69, 9.17) is 9.47 Å². The van der Waals surface area contributed by atoms with Gasteiger partial charge in [0.05, 0.1) is 19.8 Å². The van der Waals surface area contributed by atoms with Gasteiger partial charge >= 0.3 is 5.97 Å². The summed E-state index contributed by atoms with van der Waals surface area (Å²) in [4.78, 5) is 11.0. The predicted molar refractivity (Wildman–Crippen MR) is 76.5 cm³/mol. The van der Waals surface area contributed by atoms with Gasteiger partial charge in [-0.1, -0.05) is 30.3 Å². The van der Waals surface area contributed by atoms with E-state index in [1.807, 2.05) is 30.3 Å². The lowest BCUT2D eigenvalue weighted by Crippen LogP contribution is -2.37. The minimum Gasteiger partial charge on any atom is -0.464 e. The Labute approximate surface area is 119 Å². The van der Waals surface area contributed by atoms with Crippen LogP contribution in [0.2, 0.25) is 0 Å². The van der Waals surface area contributed by atoms with Crippen LogP contribution in [0.25, 0.3) is 0 Å². The number of hydrogen-bond acceptors (Lipinski definition) is 5. The zero-order chi connectivity index (χ0) is 14.6. The fourth-order valence-electron chi connectivity index (χ4n) is 1.79. The molecule has 1 rings (SSSR count). The third-order valence-corrected chi connectivity index (χ3v) is 2.75. The number of esters is 1. The fourth-order valence-corrected chi connectivity index (χ4v) is 1.79. The van der Waals surface area contributed by atoms with Gasteiger partial charge in [-0.25, -0.2) is 4.79 Å². The summed E-state index contributed by atoms with van der Waals surface area (Å²) in [5.41, 5.74) is 1.17. The Hall–Kier alpha value is -1.43. The molecule has 0 aliphatic rings. The van der Waals surface area contributed by atoms with E-state index in [0.717, 1.165) is 6.42 Å². The summed E-state index contributed by atoms with van der Waals surface area (Å²) >= 11 is 0. The first-order valence-electron chi connectivity index (χ1n) is 6.87. The van der Waals surface area contributed by atoms with E-state index >= 15 is 0 Å². The Kier molecular flexibility index (Phi) is 8.62. The third-order valence-electron chi connectivity index (χ3n) is 2.75. The first-order valence-corrected chi connectivity index (χ1v) is 6.87. The second kappa shape index (κ2) is 10.4. The first-order chi connectivity index (χ1) is 9.76. The Morgan fingerprint density at radius 1 is 1.35 bits per heavy atom. The number of benzene rings is 1. The van der Waals surface area contributed by atoms with Crippen LogP contribution in [0.3, 0.4) is 0 Å². The summed E-state index contributed by atoms with van der Waals surface area (Å²) in [5.74, 6) is -0.351. The van der Waals surface area contributed by atoms with Gasteiger partial charge in [0.25, 0.3) is 0 Å². The van der Waals surface area contributed by atoms with Crippen molar-refractivity contribution in [3.8, 4) is 0 Å². The molecule has 0 fully saturated rings. The summed E-state index contributed by atoms with van der Waals surface area (Å²) in [6.45, 7) is 3.14. The van der Waals surface area contributed by atoms with E-state index in [0.29, 0.717) is 19.8 Å². The van der Waals surface area contributed by atoms with Crippen molar-refractivity contribution in [1.29, 1.82) is 0 Å². The molecule has 1 aromatic carbocycles. The molecule has 0 radical (unpaired) electrons. The molecule has 0 aliphatic heterocycles. The summed E-state index contributed by atoms with van der Waals surface area (Å²) in [7, 11) is 0. The summed E-state index contributed by atoms with van der Waals surface area (Å²) in [6.07, 6.45) is 0.759. The van der Waals surface area contributed by atoms with Crippen LogP contribution in [0.1, 0.15) is 12.5 Å². The summed E-state index contributed by atoms with van der Waals surface area (Å²) in [6, 6.07) is 9.97. The average molecular weight is 281 g/mol. The molecule has 5 nitrogen and oxygen atoms in total. The maximum absolute atomic E-state index is 11.0. The molecule has 0 spiro atoms. The minimum absolute atomic E-state index is 0.0106. The Morgan fingerprint density at radius 3 is 2.75 bits per heavy atom. The normalized spacial score (nSPS) is 12.1. The van der Waals surface area contributed by atoms with Crippen LogP contribution in [0.5, 0.6) is 0 Å². The van der Waals surface area contributed by atoms with E-state index in [1.54, 1.807) is 6.92 Å². The molecule has 0 heterocycles. The Balaban J connectivity index is 2.14. The highest BCUT2D eigenvalue weighted by atomic mass is 16.6. The minimum atomic E-state index is -0.351. The smallest absolute Gasteiger partial charge is 0.332 e. The van der Waals surface area contributed by atoms with Crippen LogP contribution in [0.4, 0.5) is 0 Å². The van der Waals surface area contributed by atoms with E-state index < -0.39 is 0 Å². The van der Waals surface area contributed by atoms with Crippen molar-refractivity contribution >= 4 is 5.97 Å². The zero-order valence-corrected chi connectivity index (χ0v) is 11.9. The van der Waals surface area contributed by atoms with Crippen LogP contribution in [0, 0.1) is 0 Å². The molecule has 1 unspecified atom stereocenters. The monoisotopic (exact) mass is 281 g/mol. The van der Waals surface area contributed by atoms with Crippen molar-refractivity contribution in [1.82, 2.24) is 5.32 Å². The van der Waals surface area contributed by atoms with Crippen molar-refractivity contribution in [2.24, 2.45) is 0 Å². The number of nitrogens with one attached hydrogen (secondary N) is 1. The number of hydrogen-bond donors (Lipinski definition) is 2. The molecule has 1 atom stereocenters. The Bertz CT molecular complexity index is 369. The molecule has 1 aromatic rings. The van der Waals surface area contributed by atoms with Gasteiger partial charge in [-0.2, -0.15) is 0 Å². The van der Waals surface area contributed by atoms with Crippen molar-refractivity contribution in [3.63, 3.8) is 0 Å². The van der Waals surface area contributed by atoms with Crippen molar-refractivity contribution in [2.45, 2.75) is 19.4 Å². The molecule has 2 N–H and O–H groups in total. The number of aliphatic hydroxyl groups is 1. The number of carbonyl (C=O) groups excluding carboxylic acids is 1. The van der Waals surface area contributed by atoms with Gasteiger partial charge in [0.1, 0.15) is 6.61 Å². The van der Waals surface area contributed by atoms with E-state index in [2.05, 4.69) is 5.32 Å². The van der Waals surface area contributed by atoms with Crippen LogP contribution in [-0.4, -0.2) is 50.1 Å². The molecule has 112 valence electrons. The van der Waals surface area contributed by atoms with Crippen molar-refractivity contribution in [2.75, 3.05) is 33.0 Å².